The van der Waals surface area contributed by atoms with E-state index in [1.807, 2.05) is 0 Å². The smallest absolute Gasteiger partial charge is 0.335 e. The van der Waals surface area contributed by atoms with Gasteiger partial charge < -0.3 is 9.84 Å². The molecule has 0 aromatic heterocycles. The third kappa shape index (κ3) is 3.62. The Morgan fingerprint density at radius 1 is 1.33 bits per heavy atom. The average Bonchev–Trinajstić information content (AvgIpc) is 2.34. The Kier molecular flexibility index (Phi) is 3.81. The van der Waals surface area contributed by atoms with E-state index in [-0.39, 0.29) is 17.1 Å². The molecule has 0 unspecified atom stereocenters. The number of carboxylic acid groups (broad SMARTS) is 1. The predicted molar refractivity (Wildman–Crippen MR) is 77.6 cm³/mol. The van der Waals surface area contributed by atoms with Crippen LogP contribution in [0.15, 0.2) is 28.7 Å². The van der Waals surface area contributed by atoms with Gasteiger partial charge in [0.05, 0.1) is 10.5 Å². The highest BCUT2D eigenvalue weighted by Crippen LogP contribution is 2.29. The summed E-state index contributed by atoms with van der Waals surface area (Å²) in [5.41, 5.74) is -0.0796. The van der Waals surface area contributed by atoms with Gasteiger partial charge in [-0.2, -0.15) is 0 Å². The maximum absolute atomic E-state index is 12.3. The number of hydrogen-bond acceptors (Lipinski definition) is 4. The normalized spacial score (nSPS) is 14.9. The zero-order valence-electron chi connectivity index (χ0n) is 12.0. The Morgan fingerprint density at radius 2 is 2.00 bits per heavy atom. The zero-order valence-corrected chi connectivity index (χ0v) is 12.8. The minimum absolute atomic E-state index is 0.0331. The van der Waals surface area contributed by atoms with Crippen molar-refractivity contribution in [2.24, 2.45) is 0 Å². The molecule has 0 aliphatic carbocycles. The van der Waals surface area contributed by atoms with Gasteiger partial charge in [-0.1, -0.05) is 0 Å². The van der Waals surface area contributed by atoms with Crippen molar-refractivity contribution < 1.29 is 23.1 Å². The van der Waals surface area contributed by atoms with Crippen LogP contribution in [0.1, 0.15) is 26.3 Å². The first-order valence-corrected chi connectivity index (χ1v) is 7.81. The fourth-order valence-electron chi connectivity index (χ4n) is 1.91. The number of carbonyl (C=O) groups is 1. The van der Waals surface area contributed by atoms with Crippen LogP contribution in [0.25, 0.3) is 6.08 Å². The van der Waals surface area contributed by atoms with Crippen molar-refractivity contribution in [1.82, 2.24) is 4.72 Å². The summed E-state index contributed by atoms with van der Waals surface area (Å²) in [6, 6.07) is 4.37. The van der Waals surface area contributed by atoms with Crippen LogP contribution in [0.2, 0.25) is 0 Å². The van der Waals surface area contributed by atoms with Gasteiger partial charge in [0.15, 0.2) is 0 Å². The molecule has 1 aliphatic heterocycles. The molecule has 21 heavy (non-hydrogen) atoms. The van der Waals surface area contributed by atoms with E-state index in [2.05, 4.69) is 4.72 Å². The summed E-state index contributed by atoms with van der Waals surface area (Å²) >= 11 is 0. The van der Waals surface area contributed by atoms with Crippen molar-refractivity contribution >= 4 is 22.1 Å². The molecule has 0 spiro atoms. The van der Waals surface area contributed by atoms with Crippen LogP contribution < -0.4 is 9.46 Å². The van der Waals surface area contributed by atoms with E-state index in [4.69, 9.17) is 9.84 Å². The topological polar surface area (TPSA) is 92.7 Å². The molecule has 2 N–H and O–H groups in total. The predicted octanol–water partition coefficient (Wildman–Crippen LogP) is 1.62. The lowest BCUT2D eigenvalue weighted by molar-refractivity contribution is -0.132. The van der Waals surface area contributed by atoms with E-state index in [1.54, 1.807) is 20.8 Å². The number of ether oxygens (including phenoxy) is 1. The van der Waals surface area contributed by atoms with E-state index in [1.165, 1.54) is 24.3 Å². The molecule has 1 aliphatic rings. The van der Waals surface area contributed by atoms with Crippen molar-refractivity contribution in [3.05, 3.63) is 29.3 Å². The Morgan fingerprint density at radius 3 is 2.57 bits per heavy atom. The lowest BCUT2D eigenvalue weighted by atomic mass is 10.1. The molecular formula is C14H17NO5S. The minimum Gasteiger partial charge on any atom is -0.488 e. The number of fused-ring (bicyclic) bond motifs is 1. The van der Waals surface area contributed by atoms with Crippen LogP contribution in [-0.4, -0.2) is 31.6 Å². The van der Waals surface area contributed by atoms with Crippen LogP contribution in [0, 0.1) is 0 Å². The average molecular weight is 311 g/mol. The number of hydrogen-bond donors (Lipinski definition) is 2. The van der Waals surface area contributed by atoms with E-state index in [0.29, 0.717) is 11.3 Å². The van der Waals surface area contributed by atoms with Crippen LogP contribution >= 0.6 is 0 Å². The van der Waals surface area contributed by atoms with Crippen LogP contribution in [-0.2, 0) is 14.8 Å². The molecule has 0 bridgehead atoms. The summed E-state index contributed by atoms with van der Waals surface area (Å²) in [7, 11) is -3.67. The van der Waals surface area contributed by atoms with Gasteiger partial charge in [0.2, 0.25) is 10.0 Å². The molecule has 2 rings (SSSR count). The molecule has 6 nitrogen and oxygen atoms in total. The highest BCUT2D eigenvalue weighted by molar-refractivity contribution is 7.89. The quantitative estimate of drug-likeness (QED) is 0.885. The van der Waals surface area contributed by atoms with E-state index in [9.17, 15) is 13.2 Å². The van der Waals surface area contributed by atoms with Gasteiger partial charge in [0.1, 0.15) is 12.4 Å². The fraction of sp³-hybridized carbons (Fsp3) is 0.357. The van der Waals surface area contributed by atoms with Crippen LogP contribution in [0.3, 0.4) is 0 Å². The van der Waals surface area contributed by atoms with Crippen LogP contribution in [0.5, 0.6) is 5.75 Å². The van der Waals surface area contributed by atoms with Gasteiger partial charge in [-0.3, -0.25) is 0 Å². The molecule has 0 saturated carbocycles. The first-order valence-electron chi connectivity index (χ1n) is 6.33. The second kappa shape index (κ2) is 5.16. The van der Waals surface area contributed by atoms with E-state index < -0.39 is 21.5 Å². The number of aliphatic carboxylic acids is 1. The number of benzene rings is 1. The molecule has 1 aromatic carbocycles. The lowest BCUT2D eigenvalue weighted by Gasteiger charge is -2.21. The third-order valence-corrected chi connectivity index (χ3v) is 4.48. The van der Waals surface area contributed by atoms with Crippen molar-refractivity contribution in [3.8, 4) is 5.75 Å². The molecular weight excluding hydrogens is 294 g/mol. The first-order chi connectivity index (χ1) is 9.58. The summed E-state index contributed by atoms with van der Waals surface area (Å²) in [5, 5.41) is 8.97. The largest absolute Gasteiger partial charge is 0.488 e. The van der Waals surface area contributed by atoms with Crippen molar-refractivity contribution in [1.29, 1.82) is 0 Å². The second-order valence-electron chi connectivity index (χ2n) is 5.82. The highest BCUT2D eigenvalue weighted by atomic mass is 32.2. The maximum atomic E-state index is 12.3. The molecule has 1 aromatic rings. The van der Waals surface area contributed by atoms with Crippen molar-refractivity contribution in [2.45, 2.75) is 31.2 Å². The molecule has 0 radical (unpaired) electrons. The van der Waals surface area contributed by atoms with E-state index in [0.717, 1.165) is 0 Å². The first kappa shape index (κ1) is 15.5. The molecule has 0 atom stereocenters. The van der Waals surface area contributed by atoms with Gasteiger partial charge in [0, 0.05) is 11.1 Å². The molecule has 0 fully saturated rings. The Hall–Kier alpha value is -1.86. The maximum Gasteiger partial charge on any atom is 0.335 e. The monoisotopic (exact) mass is 311 g/mol. The molecule has 114 valence electrons. The van der Waals surface area contributed by atoms with Gasteiger partial charge in [0.25, 0.3) is 0 Å². The fourth-order valence-corrected chi connectivity index (χ4v) is 3.36. The number of carboxylic acids is 1. The summed E-state index contributed by atoms with van der Waals surface area (Å²) < 4.78 is 32.4. The molecule has 0 amide bonds. The third-order valence-electron chi connectivity index (χ3n) is 2.72. The zero-order chi connectivity index (χ0) is 15.8. The summed E-state index contributed by atoms with van der Waals surface area (Å²) in [6.45, 7) is 5.20. The molecule has 0 saturated heterocycles. The van der Waals surface area contributed by atoms with Gasteiger partial charge >= 0.3 is 5.97 Å². The van der Waals surface area contributed by atoms with Gasteiger partial charge in [-0.05, 0) is 45.0 Å². The number of nitrogens with one attached hydrogen (secondary N) is 1. The standard InChI is InChI=1S/C14H17NO5S/c1-14(2,3)15-21(18,19)11-4-5-12-9(7-11)6-10(8-20-12)13(16)17/h4-7,15H,8H2,1-3H3,(H,16,17). The summed E-state index contributed by atoms with van der Waals surface area (Å²) in [6.07, 6.45) is 1.43. The van der Waals surface area contributed by atoms with Crippen molar-refractivity contribution in [3.63, 3.8) is 0 Å². The Labute approximate surface area is 123 Å². The lowest BCUT2D eigenvalue weighted by Crippen LogP contribution is -2.40. The van der Waals surface area contributed by atoms with Gasteiger partial charge in [-0.25, -0.2) is 17.9 Å². The Bertz CT molecular complexity index is 713. The second-order valence-corrected chi connectivity index (χ2v) is 7.50. The molecule has 7 heteroatoms. The number of sulfonamides is 1. The molecule has 1 heterocycles. The van der Waals surface area contributed by atoms with Crippen LogP contribution in [0.4, 0.5) is 0 Å². The Balaban J connectivity index is 2.43. The highest BCUT2D eigenvalue weighted by Gasteiger charge is 2.24. The van der Waals surface area contributed by atoms with E-state index >= 15 is 0 Å². The SMILES string of the molecule is CC(C)(C)NS(=O)(=O)c1ccc2c(c1)C=C(C(=O)O)CO2. The minimum atomic E-state index is -3.67. The number of rotatable bonds is 3. The van der Waals surface area contributed by atoms with Gasteiger partial charge in [-0.15, -0.1) is 0 Å². The summed E-state index contributed by atoms with van der Waals surface area (Å²) in [4.78, 5) is 11.0. The van der Waals surface area contributed by atoms with Crippen molar-refractivity contribution in [2.75, 3.05) is 6.61 Å². The summed E-state index contributed by atoms with van der Waals surface area (Å²) in [5.74, 6) is -0.614.